The quantitative estimate of drug-likeness (QED) is 0.728. The molecule has 146 valence electrons. The molecule has 1 saturated heterocycles. The molecule has 2 rings (SSSR count). The summed E-state index contributed by atoms with van der Waals surface area (Å²) in [6, 6.07) is 2.74. The molecule has 26 heavy (non-hydrogen) atoms. The van der Waals surface area contributed by atoms with Gasteiger partial charge in [0.1, 0.15) is 5.56 Å². The van der Waals surface area contributed by atoms with Gasteiger partial charge in [0.15, 0.2) is 6.61 Å². The Balaban J connectivity index is 2.07. The van der Waals surface area contributed by atoms with Crippen LogP contribution in [0, 0.1) is 0 Å². The van der Waals surface area contributed by atoms with E-state index in [0.717, 1.165) is 4.31 Å². The Morgan fingerprint density at radius 3 is 2.42 bits per heavy atom. The van der Waals surface area contributed by atoms with Gasteiger partial charge < -0.3 is 9.64 Å². The molecule has 1 fully saturated rings. The number of halogens is 3. The van der Waals surface area contributed by atoms with E-state index in [1.54, 1.807) is 0 Å². The van der Waals surface area contributed by atoms with Crippen LogP contribution in [0.25, 0.3) is 0 Å². The number of pyridine rings is 1. The molecule has 0 unspecified atom stereocenters. The standard InChI is InChI=1S/C14H19F3N4O4S/c1-19(2)26(23,24)21-8-6-20(7-9-21)13(22)11-4-3-5-18-12(11)25-10-14(15,16)17/h3-5H,6-10H2,1-2H3. The minimum absolute atomic E-state index is 0.0885. The zero-order valence-corrected chi connectivity index (χ0v) is 15.0. The molecule has 1 aliphatic rings. The minimum atomic E-state index is -4.55. The summed E-state index contributed by atoms with van der Waals surface area (Å²) < 4.78 is 68.1. The van der Waals surface area contributed by atoms with Crippen molar-refractivity contribution in [2.45, 2.75) is 6.18 Å². The van der Waals surface area contributed by atoms with E-state index in [1.165, 1.54) is 41.6 Å². The molecule has 0 atom stereocenters. The van der Waals surface area contributed by atoms with Crippen molar-refractivity contribution in [3.63, 3.8) is 0 Å². The summed E-state index contributed by atoms with van der Waals surface area (Å²) in [4.78, 5) is 17.6. The van der Waals surface area contributed by atoms with E-state index in [2.05, 4.69) is 9.72 Å². The highest BCUT2D eigenvalue weighted by atomic mass is 32.2. The van der Waals surface area contributed by atoms with E-state index < -0.39 is 34.8 Å². The van der Waals surface area contributed by atoms with Gasteiger partial charge >= 0.3 is 6.18 Å². The van der Waals surface area contributed by atoms with Gasteiger partial charge in [0, 0.05) is 46.5 Å². The summed E-state index contributed by atoms with van der Waals surface area (Å²) in [7, 11) is -0.761. The van der Waals surface area contributed by atoms with Gasteiger partial charge in [-0.25, -0.2) is 4.98 Å². The first-order valence-corrected chi connectivity index (χ1v) is 9.03. The number of ether oxygens (including phenoxy) is 1. The van der Waals surface area contributed by atoms with Gasteiger partial charge in [-0.1, -0.05) is 0 Å². The van der Waals surface area contributed by atoms with Crippen LogP contribution in [0.3, 0.4) is 0 Å². The van der Waals surface area contributed by atoms with Gasteiger partial charge in [0.2, 0.25) is 5.88 Å². The Morgan fingerprint density at radius 2 is 1.88 bits per heavy atom. The highest BCUT2D eigenvalue weighted by Crippen LogP contribution is 2.22. The maximum Gasteiger partial charge on any atom is 0.422 e. The van der Waals surface area contributed by atoms with Crippen molar-refractivity contribution in [1.82, 2.24) is 18.5 Å². The normalized spacial score (nSPS) is 16.8. The number of piperazine rings is 1. The Bertz CT molecular complexity index is 747. The van der Waals surface area contributed by atoms with Crippen LogP contribution < -0.4 is 4.74 Å². The summed E-state index contributed by atoms with van der Waals surface area (Å²) >= 11 is 0. The number of aromatic nitrogens is 1. The second-order valence-electron chi connectivity index (χ2n) is 5.74. The second kappa shape index (κ2) is 7.76. The van der Waals surface area contributed by atoms with E-state index in [1.807, 2.05) is 0 Å². The zero-order valence-electron chi connectivity index (χ0n) is 14.2. The SMILES string of the molecule is CN(C)S(=O)(=O)N1CCN(C(=O)c2cccnc2OCC(F)(F)F)CC1. The van der Waals surface area contributed by atoms with Crippen LogP contribution in [-0.4, -0.2) is 85.9 Å². The molecule has 0 aromatic carbocycles. The third-order valence-electron chi connectivity index (χ3n) is 3.69. The first kappa shape index (κ1) is 20.4. The number of hydrogen-bond donors (Lipinski definition) is 0. The number of carbonyl (C=O) groups is 1. The highest BCUT2D eigenvalue weighted by molar-refractivity contribution is 7.86. The molecule has 0 aliphatic carbocycles. The van der Waals surface area contributed by atoms with Gasteiger partial charge in [0.05, 0.1) is 0 Å². The van der Waals surface area contributed by atoms with Gasteiger partial charge in [0.25, 0.3) is 16.1 Å². The molecule has 8 nitrogen and oxygen atoms in total. The van der Waals surface area contributed by atoms with E-state index in [0.29, 0.717) is 0 Å². The van der Waals surface area contributed by atoms with Crippen LogP contribution in [0.1, 0.15) is 10.4 Å². The van der Waals surface area contributed by atoms with Gasteiger partial charge in [-0.2, -0.15) is 30.2 Å². The van der Waals surface area contributed by atoms with Crippen molar-refractivity contribution in [2.24, 2.45) is 0 Å². The first-order valence-electron chi connectivity index (χ1n) is 7.64. The number of rotatable bonds is 5. The largest absolute Gasteiger partial charge is 0.467 e. The zero-order chi connectivity index (χ0) is 19.5. The van der Waals surface area contributed by atoms with Crippen LogP contribution in [0.5, 0.6) is 5.88 Å². The van der Waals surface area contributed by atoms with Crippen LogP contribution in [0.15, 0.2) is 18.3 Å². The van der Waals surface area contributed by atoms with Crippen molar-refractivity contribution in [1.29, 1.82) is 0 Å². The molecular weight excluding hydrogens is 377 g/mol. The molecule has 1 aromatic rings. The molecule has 1 aromatic heterocycles. The molecule has 2 heterocycles. The Hall–Kier alpha value is -1.92. The lowest BCUT2D eigenvalue weighted by molar-refractivity contribution is -0.154. The van der Waals surface area contributed by atoms with E-state index in [9.17, 15) is 26.4 Å². The molecular formula is C14H19F3N4O4S. The van der Waals surface area contributed by atoms with Crippen molar-refractivity contribution >= 4 is 16.1 Å². The van der Waals surface area contributed by atoms with Gasteiger partial charge in [-0.15, -0.1) is 0 Å². The van der Waals surface area contributed by atoms with Gasteiger partial charge in [-0.3, -0.25) is 4.79 Å². The smallest absolute Gasteiger partial charge is 0.422 e. The highest BCUT2D eigenvalue weighted by Gasteiger charge is 2.33. The van der Waals surface area contributed by atoms with Crippen molar-refractivity contribution in [3.05, 3.63) is 23.9 Å². The minimum Gasteiger partial charge on any atom is -0.467 e. The van der Waals surface area contributed by atoms with Crippen molar-refractivity contribution in [2.75, 3.05) is 46.9 Å². The Morgan fingerprint density at radius 1 is 1.27 bits per heavy atom. The monoisotopic (exact) mass is 396 g/mol. The Kier molecular flexibility index (Phi) is 6.09. The lowest BCUT2D eigenvalue weighted by Crippen LogP contribution is -2.53. The van der Waals surface area contributed by atoms with E-state index in [-0.39, 0.29) is 31.7 Å². The third-order valence-corrected chi connectivity index (χ3v) is 5.63. The number of nitrogens with zero attached hydrogens (tertiary/aromatic N) is 4. The Labute approximate surface area is 149 Å². The van der Waals surface area contributed by atoms with Crippen LogP contribution >= 0.6 is 0 Å². The fourth-order valence-electron chi connectivity index (χ4n) is 2.34. The fourth-order valence-corrected chi connectivity index (χ4v) is 3.43. The molecule has 1 amide bonds. The summed E-state index contributed by atoms with van der Waals surface area (Å²) in [6.45, 7) is -1.16. The van der Waals surface area contributed by atoms with Crippen molar-refractivity contribution < 1.29 is 31.1 Å². The van der Waals surface area contributed by atoms with Crippen LogP contribution in [0.2, 0.25) is 0 Å². The van der Waals surface area contributed by atoms with Crippen molar-refractivity contribution in [3.8, 4) is 5.88 Å². The van der Waals surface area contributed by atoms with E-state index >= 15 is 0 Å². The average molecular weight is 396 g/mol. The maximum atomic E-state index is 12.6. The number of carbonyl (C=O) groups excluding carboxylic acids is 1. The van der Waals surface area contributed by atoms with Gasteiger partial charge in [-0.05, 0) is 12.1 Å². The molecule has 0 bridgehead atoms. The number of alkyl halides is 3. The van der Waals surface area contributed by atoms with Crippen LogP contribution in [0.4, 0.5) is 13.2 Å². The summed E-state index contributed by atoms with van der Waals surface area (Å²) in [6.07, 6.45) is -3.33. The fraction of sp³-hybridized carbons (Fsp3) is 0.571. The summed E-state index contributed by atoms with van der Waals surface area (Å²) in [5, 5.41) is 0. The molecule has 12 heteroatoms. The number of amides is 1. The topological polar surface area (TPSA) is 83.1 Å². The number of hydrogen-bond acceptors (Lipinski definition) is 5. The molecule has 0 saturated carbocycles. The predicted molar refractivity (Wildman–Crippen MR) is 85.9 cm³/mol. The third kappa shape index (κ3) is 4.83. The summed E-state index contributed by atoms with van der Waals surface area (Å²) in [5.74, 6) is -0.963. The van der Waals surface area contributed by atoms with Crippen LogP contribution in [-0.2, 0) is 10.2 Å². The molecule has 0 N–H and O–H groups in total. The summed E-state index contributed by atoms with van der Waals surface area (Å²) in [5.41, 5.74) is -0.0966. The first-order chi connectivity index (χ1) is 12.0. The lowest BCUT2D eigenvalue weighted by atomic mass is 10.2. The lowest BCUT2D eigenvalue weighted by Gasteiger charge is -2.35. The second-order valence-corrected chi connectivity index (χ2v) is 7.88. The predicted octanol–water partition coefficient (Wildman–Crippen LogP) is 0.587. The maximum absolute atomic E-state index is 12.6. The molecule has 0 spiro atoms. The molecule has 1 aliphatic heterocycles. The molecule has 0 radical (unpaired) electrons. The average Bonchev–Trinajstić information content (AvgIpc) is 2.59. The van der Waals surface area contributed by atoms with E-state index in [4.69, 9.17) is 0 Å².